The van der Waals surface area contributed by atoms with Crippen molar-refractivity contribution in [2.24, 2.45) is 0 Å². The Morgan fingerprint density at radius 1 is 1.48 bits per heavy atom. The number of aromatic nitrogens is 2. The third-order valence-electron chi connectivity index (χ3n) is 2.44. The van der Waals surface area contributed by atoms with Gasteiger partial charge in [-0.05, 0) is 6.07 Å². The summed E-state index contributed by atoms with van der Waals surface area (Å²) in [6.45, 7) is -0.926. The number of carboxylic acids is 1. The Morgan fingerprint density at radius 3 is 2.71 bits per heavy atom. The molecule has 2 N–H and O–H groups in total. The van der Waals surface area contributed by atoms with Gasteiger partial charge in [-0.1, -0.05) is 16.3 Å². The highest BCUT2D eigenvalue weighted by Gasteiger charge is 2.18. The summed E-state index contributed by atoms with van der Waals surface area (Å²) in [6.07, 6.45) is 0. The number of nitro groups is 1. The minimum Gasteiger partial charge on any atom is -0.479 e. The van der Waals surface area contributed by atoms with E-state index in [4.69, 9.17) is 16.7 Å². The summed E-state index contributed by atoms with van der Waals surface area (Å²) in [5.74, 6) is -1.40. The minimum absolute atomic E-state index is 0.0317. The molecule has 0 saturated carbocycles. The summed E-state index contributed by atoms with van der Waals surface area (Å²) in [4.78, 5) is 50.7. The molecule has 0 saturated heterocycles. The number of nitro benzene ring substituents is 1. The number of H-pyrrole nitrogens is 1. The number of nitrogens with zero attached hydrogens (tertiary/aromatic N) is 2. The summed E-state index contributed by atoms with van der Waals surface area (Å²) < 4.78 is 0.175. The van der Waals surface area contributed by atoms with Gasteiger partial charge in [-0.25, -0.2) is 9.59 Å². The van der Waals surface area contributed by atoms with E-state index in [0.717, 1.165) is 12.1 Å². The van der Waals surface area contributed by atoms with Crippen LogP contribution in [0.2, 0.25) is 5.02 Å². The second-order valence-corrected chi connectivity index (χ2v) is 4.21. The average Bonchev–Trinajstić information content (AvgIpc) is 2.36. The number of carboxylic acid groups (broad SMARTS) is 1. The predicted octanol–water partition coefficient (Wildman–Crippen LogP) is -0.235. The third-order valence-corrected chi connectivity index (χ3v) is 2.74. The van der Waals surface area contributed by atoms with Crippen LogP contribution in [0.5, 0.6) is 0 Å². The number of fused-ring (bicyclic) bond motifs is 1. The largest absolute Gasteiger partial charge is 0.479 e. The minimum atomic E-state index is -1.40. The predicted molar refractivity (Wildman–Crippen MR) is 69.6 cm³/mol. The average molecular weight is 316 g/mol. The summed E-state index contributed by atoms with van der Waals surface area (Å²) in [5.41, 5.74) is -2.62. The summed E-state index contributed by atoms with van der Waals surface area (Å²) in [7, 11) is 0. The van der Waals surface area contributed by atoms with E-state index in [9.17, 15) is 24.5 Å². The molecule has 2 aromatic rings. The fourth-order valence-electron chi connectivity index (χ4n) is 1.59. The molecule has 0 atom stereocenters. The third kappa shape index (κ3) is 2.69. The van der Waals surface area contributed by atoms with Crippen molar-refractivity contribution < 1.29 is 19.7 Å². The molecule has 0 fully saturated rings. The maximum absolute atomic E-state index is 12.0. The van der Waals surface area contributed by atoms with Gasteiger partial charge in [0.1, 0.15) is 5.02 Å². The molecule has 110 valence electrons. The molecule has 0 amide bonds. The first-order valence-electron chi connectivity index (χ1n) is 5.29. The number of aliphatic carboxylic acids is 1. The quantitative estimate of drug-likeness (QED) is 0.585. The first-order valence-corrected chi connectivity index (χ1v) is 5.67. The smallest absolute Gasteiger partial charge is 0.362 e. The van der Waals surface area contributed by atoms with E-state index < -0.39 is 34.4 Å². The fraction of sp³-hybridized carbons (Fsp3) is 0.100. The van der Waals surface area contributed by atoms with Crippen LogP contribution in [-0.2, 0) is 4.79 Å². The molecule has 0 aliphatic rings. The maximum Gasteiger partial charge on any atom is 0.362 e. The van der Waals surface area contributed by atoms with Gasteiger partial charge in [0.05, 0.1) is 15.8 Å². The second kappa shape index (κ2) is 5.25. The summed E-state index contributed by atoms with van der Waals surface area (Å²) in [5, 5.41) is 18.7. The van der Waals surface area contributed by atoms with Crippen LogP contribution < -0.4 is 16.1 Å². The lowest BCUT2D eigenvalue weighted by Crippen LogP contribution is -2.41. The van der Waals surface area contributed by atoms with Crippen LogP contribution in [0.1, 0.15) is 0 Å². The standard InChI is InChI=1S/C10H6ClN3O7/c11-5-2-6-4(1-7(5)14(19)20)9(17)13(10(18)12-6)21-3-8(15)16/h1-2H,3H2,(H,12,18)(H,15,16). The number of nitrogens with one attached hydrogen (secondary N) is 1. The first kappa shape index (κ1) is 14.5. The van der Waals surface area contributed by atoms with Crippen molar-refractivity contribution in [3.05, 3.63) is 48.1 Å². The second-order valence-electron chi connectivity index (χ2n) is 3.80. The van der Waals surface area contributed by atoms with Crippen molar-refractivity contribution in [3.63, 3.8) is 0 Å². The first-order chi connectivity index (χ1) is 9.81. The van der Waals surface area contributed by atoms with Gasteiger partial charge in [-0.2, -0.15) is 0 Å². The van der Waals surface area contributed by atoms with Crippen molar-refractivity contribution in [2.45, 2.75) is 0 Å². The molecule has 1 heterocycles. The topological polar surface area (TPSA) is 145 Å². The van der Waals surface area contributed by atoms with Crippen molar-refractivity contribution >= 4 is 34.2 Å². The zero-order valence-electron chi connectivity index (χ0n) is 10.0. The SMILES string of the molecule is O=C(O)COn1c(=O)[nH]c2cc(Cl)c([N+](=O)[O-])cc2c1=O. The molecule has 21 heavy (non-hydrogen) atoms. The van der Waals surface area contributed by atoms with Gasteiger partial charge in [0.2, 0.25) is 6.61 Å². The van der Waals surface area contributed by atoms with Crippen LogP contribution >= 0.6 is 11.6 Å². The molecule has 0 spiro atoms. The van der Waals surface area contributed by atoms with Crippen LogP contribution in [0.4, 0.5) is 5.69 Å². The van der Waals surface area contributed by atoms with Gasteiger partial charge >= 0.3 is 11.7 Å². The Bertz CT molecular complexity index is 869. The number of benzene rings is 1. The van der Waals surface area contributed by atoms with Crippen molar-refractivity contribution in [1.29, 1.82) is 0 Å². The zero-order chi connectivity index (χ0) is 15.7. The van der Waals surface area contributed by atoms with Crippen molar-refractivity contribution in [3.8, 4) is 0 Å². The molecule has 11 heteroatoms. The molecule has 0 bridgehead atoms. The summed E-state index contributed by atoms with van der Waals surface area (Å²) in [6, 6.07) is 1.93. The lowest BCUT2D eigenvalue weighted by Gasteiger charge is -2.06. The van der Waals surface area contributed by atoms with Crippen LogP contribution in [0, 0.1) is 10.1 Å². The van der Waals surface area contributed by atoms with Gasteiger partial charge in [0.15, 0.2) is 0 Å². The van der Waals surface area contributed by atoms with E-state index in [2.05, 4.69) is 9.82 Å². The van der Waals surface area contributed by atoms with E-state index in [1.807, 2.05) is 0 Å². The molecular weight excluding hydrogens is 310 g/mol. The normalized spacial score (nSPS) is 10.5. The molecule has 1 aromatic carbocycles. The monoisotopic (exact) mass is 315 g/mol. The highest BCUT2D eigenvalue weighted by Crippen LogP contribution is 2.26. The number of halogens is 1. The van der Waals surface area contributed by atoms with Crippen LogP contribution in [0.15, 0.2) is 21.7 Å². The Labute approximate surface area is 119 Å². The Hall–Kier alpha value is -2.88. The van der Waals surface area contributed by atoms with E-state index in [0.29, 0.717) is 0 Å². The number of aromatic amines is 1. The van der Waals surface area contributed by atoms with Gasteiger partial charge in [-0.15, -0.1) is 0 Å². The highest BCUT2D eigenvalue weighted by atomic mass is 35.5. The van der Waals surface area contributed by atoms with Crippen LogP contribution in [0.3, 0.4) is 0 Å². The molecule has 10 nitrogen and oxygen atoms in total. The molecule has 2 rings (SSSR count). The Kier molecular flexibility index (Phi) is 3.63. The van der Waals surface area contributed by atoms with Gasteiger partial charge in [0, 0.05) is 6.07 Å². The molecule has 0 radical (unpaired) electrons. The number of carbonyl (C=O) groups is 1. The van der Waals surface area contributed by atoms with E-state index in [1.54, 1.807) is 0 Å². The molecular formula is C10H6ClN3O7. The lowest BCUT2D eigenvalue weighted by atomic mass is 10.2. The fourth-order valence-corrected chi connectivity index (χ4v) is 1.82. The van der Waals surface area contributed by atoms with Crippen molar-refractivity contribution in [1.82, 2.24) is 9.71 Å². The Balaban J connectivity index is 2.72. The van der Waals surface area contributed by atoms with E-state index in [1.165, 1.54) is 0 Å². The van der Waals surface area contributed by atoms with Crippen LogP contribution in [-0.4, -0.2) is 32.3 Å². The van der Waals surface area contributed by atoms with Gasteiger partial charge in [-0.3, -0.25) is 14.9 Å². The molecule has 0 unspecified atom stereocenters. The molecule has 1 aromatic heterocycles. The lowest BCUT2D eigenvalue weighted by molar-refractivity contribution is -0.384. The van der Waals surface area contributed by atoms with Crippen molar-refractivity contribution in [2.75, 3.05) is 6.61 Å². The number of rotatable bonds is 4. The van der Waals surface area contributed by atoms with E-state index >= 15 is 0 Å². The number of hydrogen-bond acceptors (Lipinski definition) is 6. The molecule has 0 aliphatic heterocycles. The molecule has 0 aliphatic carbocycles. The maximum atomic E-state index is 12.0. The van der Waals surface area contributed by atoms with Gasteiger partial charge < -0.3 is 14.9 Å². The number of hydrogen-bond donors (Lipinski definition) is 2. The highest BCUT2D eigenvalue weighted by molar-refractivity contribution is 6.33. The Morgan fingerprint density at radius 2 is 2.14 bits per heavy atom. The van der Waals surface area contributed by atoms with E-state index in [-0.39, 0.29) is 20.7 Å². The van der Waals surface area contributed by atoms with Gasteiger partial charge in [0.25, 0.3) is 11.2 Å². The van der Waals surface area contributed by atoms with Crippen LogP contribution in [0.25, 0.3) is 10.9 Å². The summed E-state index contributed by atoms with van der Waals surface area (Å²) >= 11 is 5.66. The zero-order valence-corrected chi connectivity index (χ0v) is 10.8.